The third-order valence-electron chi connectivity index (χ3n) is 4.13. The number of benzene rings is 1. The third-order valence-corrected chi connectivity index (χ3v) is 6.58. The number of thiophene rings is 1. The van der Waals surface area contributed by atoms with Crippen molar-refractivity contribution in [3.05, 3.63) is 53.0 Å². The van der Waals surface area contributed by atoms with Crippen LogP contribution in [0.3, 0.4) is 0 Å². The van der Waals surface area contributed by atoms with E-state index < -0.39 is 16.0 Å². The predicted octanol–water partition coefficient (Wildman–Crippen LogP) is 2.37. The van der Waals surface area contributed by atoms with Crippen molar-refractivity contribution in [3.8, 4) is 11.5 Å². The molecular weight excluding hydrogens is 418 g/mol. The second-order valence-corrected chi connectivity index (χ2v) is 8.73. The minimum atomic E-state index is -3.97. The van der Waals surface area contributed by atoms with Crippen LogP contribution in [0.25, 0.3) is 0 Å². The van der Waals surface area contributed by atoms with Gasteiger partial charge in [-0.1, -0.05) is 12.1 Å². The maximum Gasteiger partial charge on any atom is 0.349 e. The topological polar surface area (TPSA) is 109 Å². The molecule has 11 heteroatoms. The molecule has 1 aliphatic heterocycles. The van der Waals surface area contributed by atoms with E-state index in [0.717, 1.165) is 11.3 Å². The van der Waals surface area contributed by atoms with E-state index in [0.29, 0.717) is 24.7 Å². The summed E-state index contributed by atoms with van der Waals surface area (Å²) in [6.07, 6.45) is 2.67. The van der Waals surface area contributed by atoms with Crippen LogP contribution in [0.1, 0.15) is 9.67 Å². The minimum Gasteiger partial charge on any atom is -0.486 e. The lowest BCUT2D eigenvalue weighted by Crippen LogP contribution is -2.33. The first-order chi connectivity index (χ1) is 14.0. The zero-order chi connectivity index (χ0) is 20.4. The molecule has 1 atom stereocenters. The fourth-order valence-electron chi connectivity index (χ4n) is 2.84. The Hall–Kier alpha value is -3.05. The molecule has 152 valence electrons. The summed E-state index contributed by atoms with van der Waals surface area (Å²) in [5.41, 5.74) is 0.268. The molecule has 0 bridgehead atoms. The normalized spacial score (nSPS) is 15.7. The van der Waals surface area contributed by atoms with Crippen molar-refractivity contribution in [1.29, 1.82) is 0 Å². The molecule has 1 aromatic carbocycles. The first kappa shape index (κ1) is 19.3. The molecule has 3 heterocycles. The first-order valence-corrected chi connectivity index (χ1v) is 10.9. The highest BCUT2D eigenvalue weighted by Gasteiger charge is 2.26. The van der Waals surface area contributed by atoms with Gasteiger partial charge in [-0.3, -0.25) is 9.40 Å². The standard InChI is InChI=1S/C18H17N3O6S2/c1-25-18(22)17-16(6-7-28-17)29(23,24)20-12-8-19-21(9-12)10-13-11-26-14-4-2-3-5-15(14)27-13/h2-9,13,20H,10-11H2,1H3. The Balaban J connectivity index is 1.45. The molecule has 0 radical (unpaired) electrons. The van der Waals surface area contributed by atoms with E-state index in [9.17, 15) is 13.2 Å². The van der Waals surface area contributed by atoms with Crippen molar-refractivity contribution < 1.29 is 27.4 Å². The molecule has 0 aliphatic carbocycles. The van der Waals surface area contributed by atoms with E-state index in [4.69, 9.17) is 9.47 Å². The number of carbonyl (C=O) groups excluding carboxylic acids is 1. The van der Waals surface area contributed by atoms with Gasteiger partial charge in [-0.05, 0) is 23.6 Å². The van der Waals surface area contributed by atoms with Gasteiger partial charge in [0.15, 0.2) is 17.6 Å². The lowest BCUT2D eigenvalue weighted by Gasteiger charge is -2.26. The van der Waals surface area contributed by atoms with Gasteiger partial charge in [0.2, 0.25) is 0 Å². The molecule has 1 aliphatic rings. The fourth-order valence-corrected chi connectivity index (χ4v) is 5.20. The number of methoxy groups -OCH3 is 1. The summed E-state index contributed by atoms with van der Waals surface area (Å²) in [5.74, 6) is 0.644. The van der Waals surface area contributed by atoms with Gasteiger partial charge in [0.25, 0.3) is 10.0 Å². The summed E-state index contributed by atoms with van der Waals surface area (Å²) in [6, 6.07) is 8.74. The number of hydrogen-bond acceptors (Lipinski definition) is 8. The van der Waals surface area contributed by atoms with Crippen molar-refractivity contribution in [2.45, 2.75) is 17.5 Å². The lowest BCUT2D eigenvalue weighted by atomic mass is 10.2. The van der Waals surface area contributed by atoms with E-state index >= 15 is 0 Å². The van der Waals surface area contributed by atoms with Crippen molar-refractivity contribution in [2.75, 3.05) is 18.4 Å². The molecule has 0 amide bonds. The van der Waals surface area contributed by atoms with Crippen LogP contribution in [-0.2, 0) is 21.3 Å². The second kappa shape index (κ2) is 7.76. The third kappa shape index (κ3) is 4.05. The molecule has 0 fully saturated rings. The number of para-hydroxylation sites is 2. The van der Waals surface area contributed by atoms with Crippen LogP contribution in [0, 0.1) is 0 Å². The van der Waals surface area contributed by atoms with Crippen LogP contribution in [0.5, 0.6) is 11.5 Å². The summed E-state index contributed by atoms with van der Waals surface area (Å²) in [7, 11) is -2.77. The van der Waals surface area contributed by atoms with Gasteiger partial charge in [-0.15, -0.1) is 11.3 Å². The highest BCUT2D eigenvalue weighted by molar-refractivity contribution is 7.93. The number of fused-ring (bicyclic) bond motifs is 1. The number of carbonyl (C=O) groups is 1. The Kier molecular flexibility index (Phi) is 5.16. The highest BCUT2D eigenvalue weighted by atomic mass is 32.2. The summed E-state index contributed by atoms with van der Waals surface area (Å²) in [4.78, 5) is 11.6. The van der Waals surface area contributed by atoms with Crippen molar-refractivity contribution in [2.24, 2.45) is 0 Å². The van der Waals surface area contributed by atoms with E-state index in [1.807, 2.05) is 24.3 Å². The number of ether oxygens (including phenoxy) is 3. The summed E-state index contributed by atoms with van der Waals surface area (Å²) < 4.78 is 45.5. The molecule has 9 nitrogen and oxygen atoms in total. The SMILES string of the molecule is COC(=O)c1sccc1S(=O)(=O)Nc1cnn(CC2COc3ccccc3O2)c1. The van der Waals surface area contributed by atoms with E-state index in [-0.39, 0.29) is 21.6 Å². The van der Waals surface area contributed by atoms with Crippen molar-refractivity contribution in [3.63, 3.8) is 0 Å². The number of hydrogen-bond donors (Lipinski definition) is 1. The molecule has 1 unspecified atom stereocenters. The van der Waals surface area contributed by atoms with Crippen LogP contribution >= 0.6 is 11.3 Å². The molecule has 1 N–H and O–H groups in total. The maximum absolute atomic E-state index is 12.6. The number of esters is 1. The van der Waals surface area contributed by atoms with E-state index in [2.05, 4.69) is 14.6 Å². The largest absolute Gasteiger partial charge is 0.486 e. The van der Waals surface area contributed by atoms with Gasteiger partial charge < -0.3 is 14.2 Å². The average molecular weight is 435 g/mol. The number of rotatable bonds is 6. The molecule has 2 aromatic heterocycles. The molecular formula is C18H17N3O6S2. The van der Waals surface area contributed by atoms with Gasteiger partial charge in [-0.2, -0.15) is 5.10 Å². The van der Waals surface area contributed by atoms with Crippen LogP contribution in [0.4, 0.5) is 5.69 Å². The van der Waals surface area contributed by atoms with Crippen molar-refractivity contribution >= 4 is 33.0 Å². The molecule has 0 spiro atoms. The molecule has 3 aromatic rings. The number of aromatic nitrogens is 2. The Labute approximate surface area is 170 Å². The summed E-state index contributed by atoms with van der Waals surface area (Å²) >= 11 is 0.998. The average Bonchev–Trinajstić information content (AvgIpc) is 3.37. The van der Waals surface area contributed by atoms with Crippen LogP contribution < -0.4 is 14.2 Å². The highest BCUT2D eigenvalue weighted by Crippen LogP contribution is 2.31. The Bertz CT molecular complexity index is 1140. The monoisotopic (exact) mass is 435 g/mol. The maximum atomic E-state index is 12.6. The van der Waals surface area contributed by atoms with Gasteiger partial charge in [0, 0.05) is 6.20 Å². The number of anilines is 1. The molecule has 29 heavy (non-hydrogen) atoms. The summed E-state index contributed by atoms with van der Waals surface area (Å²) in [5, 5.41) is 5.69. The van der Waals surface area contributed by atoms with Gasteiger partial charge >= 0.3 is 5.97 Å². The van der Waals surface area contributed by atoms with E-state index in [1.54, 1.807) is 10.9 Å². The Morgan fingerprint density at radius 1 is 1.34 bits per heavy atom. The molecule has 0 saturated carbocycles. The lowest BCUT2D eigenvalue weighted by molar-refractivity contribution is 0.0602. The smallest absolute Gasteiger partial charge is 0.349 e. The minimum absolute atomic E-state index is 0.0128. The zero-order valence-electron chi connectivity index (χ0n) is 15.3. The van der Waals surface area contributed by atoms with Gasteiger partial charge in [0.05, 0.1) is 25.5 Å². The fraction of sp³-hybridized carbons (Fsp3) is 0.222. The number of nitrogens with one attached hydrogen (secondary N) is 1. The Morgan fingerprint density at radius 2 is 2.14 bits per heavy atom. The molecule has 0 saturated heterocycles. The predicted molar refractivity (Wildman–Crippen MR) is 105 cm³/mol. The molecule has 4 rings (SSSR count). The van der Waals surface area contributed by atoms with E-state index in [1.165, 1.54) is 24.8 Å². The first-order valence-electron chi connectivity index (χ1n) is 8.56. The number of nitrogens with zero attached hydrogens (tertiary/aromatic N) is 2. The van der Waals surface area contributed by atoms with Crippen LogP contribution in [0.2, 0.25) is 0 Å². The quantitative estimate of drug-likeness (QED) is 0.592. The number of sulfonamides is 1. The second-order valence-electron chi connectivity index (χ2n) is 6.16. The van der Waals surface area contributed by atoms with Gasteiger partial charge in [-0.25, -0.2) is 13.2 Å². The summed E-state index contributed by atoms with van der Waals surface area (Å²) in [6.45, 7) is 0.733. The van der Waals surface area contributed by atoms with Crippen molar-refractivity contribution in [1.82, 2.24) is 9.78 Å². The Morgan fingerprint density at radius 3 is 2.93 bits per heavy atom. The zero-order valence-corrected chi connectivity index (χ0v) is 16.9. The van der Waals surface area contributed by atoms with Gasteiger partial charge in [0.1, 0.15) is 16.4 Å². The van der Waals surface area contributed by atoms with Crippen LogP contribution in [0.15, 0.2) is 53.0 Å². The van der Waals surface area contributed by atoms with Crippen LogP contribution in [-0.4, -0.2) is 44.0 Å².